The molecule has 2 aromatic heterocycles. The zero-order valence-corrected chi connectivity index (χ0v) is 28.8. The number of thioether (sulfide) groups is 1. The van der Waals surface area contributed by atoms with Crippen molar-refractivity contribution in [3.05, 3.63) is 75.7 Å². The molecular weight excluding hydrogens is 636 g/mol. The van der Waals surface area contributed by atoms with Crippen molar-refractivity contribution in [1.29, 1.82) is 0 Å². The van der Waals surface area contributed by atoms with E-state index in [2.05, 4.69) is 15.3 Å². The molecule has 5 aromatic rings. The third kappa shape index (κ3) is 7.36. The van der Waals surface area contributed by atoms with Crippen LogP contribution in [0.5, 0.6) is 34.5 Å². The Bertz CT molecular complexity index is 1950. The standard InChI is InChI=1S/C35H38N4O8S/c1-21-10-12-23(13-11-21)20-36-39-22(2)37-38-35(39)48-15-9-8-14-46-34-31(40)30-26(42-4)18-25(41-3)19-27(30)47-32(34)24-16-28(43-5)33(45-7)29(17-24)44-6/h10-13,16-20H,8-9,14-15H2,1-7H3. The van der Waals surface area contributed by atoms with Crippen molar-refractivity contribution in [3.8, 4) is 45.8 Å². The van der Waals surface area contributed by atoms with Gasteiger partial charge in [0.1, 0.15) is 22.5 Å². The largest absolute Gasteiger partial charge is 0.496 e. The van der Waals surface area contributed by atoms with E-state index in [0.29, 0.717) is 51.7 Å². The first-order valence-corrected chi connectivity index (χ1v) is 16.1. The minimum Gasteiger partial charge on any atom is -0.496 e. The molecule has 0 amide bonds. The van der Waals surface area contributed by atoms with Crippen molar-refractivity contribution in [1.82, 2.24) is 14.9 Å². The number of fused-ring (bicyclic) bond motifs is 1. The van der Waals surface area contributed by atoms with Gasteiger partial charge in [0, 0.05) is 23.4 Å². The second kappa shape index (κ2) is 15.6. The van der Waals surface area contributed by atoms with Crippen molar-refractivity contribution >= 4 is 28.9 Å². The SMILES string of the molecule is COc1cc(OC)c2c(=O)c(OCCCCSc3nnc(C)n3N=Cc3ccc(C)cc3)c(-c3cc(OC)c(OC)c(OC)c3)oc2c1. The molecule has 0 spiro atoms. The lowest BCUT2D eigenvalue weighted by atomic mass is 10.1. The molecule has 2 heterocycles. The van der Waals surface area contributed by atoms with E-state index in [4.69, 9.17) is 32.8 Å². The Morgan fingerprint density at radius 3 is 2.19 bits per heavy atom. The molecule has 0 atom stereocenters. The van der Waals surface area contributed by atoms with E-state index in [1.165, 1.54) is 41.1 Å². The lowest BCUT2D eigenvalue weighted by Gasteiger charge is -2.17. The second-order valence-electron chi connectivity index (χ2n) is 10.6. The van der Waals surface area contributed by atoms with Crippen LogP contribution in [0.1, 0.15) is 29.8 Å². The van der Waals surface area contributed by atoms with Crippen LogP contribution >= 0.6 is 11.8 Å². The van der Waals surface area contributed by atoms with Crippen LogP contribution in [0.15, 0.2) is 68.0 Å². The zero-order valence-electron chi connectivity index (χ0n) is 28.0. The van der Waals surface area contributed by atoms with Gasteiger partial charge in [-0.1, -0.05) is 41.6 Å². The van der Waals surface area contributed by atoms with Gasteiger partial charge in [-0.2, -0.15) is 9.78 Å². The molecule has 0 radical (unpaired) electrons. The number of nitrogens with zero attached hydrogens (tertiary/aromatic N) is 4. The van der Waals surface area contributed by atoms with Gasteiger partial charge < -0.3 is 32.8 Å². The highest BCUT2D eigenvalue weighted by molar-refractivity contribution is 7.99. The summed E-state index contributed by atoms with van der Waals surface area (Å²) in [5.74, 6) is 3.64. The van der Waals surface area contributed by atoms with Gasteiger partial charge in [0.2, 0.25) is 22.1 Å². The summed E-state index contributed by atoms with van der Waals surface area (Å²) < 4.78 is 41.8. The number of hydrogen-bond acceptors (Lipinski definition) is 12. The van der Waals surface area contributed by atoms with Gasteiger partial charge >= 0.3 is 0 Å². The van der Waals surface area contributed by atoms with Crippen molar-refractivity contribution < 1.29 is 32.8 Å². The zero-order chi connectivity index (χ0) is 34.2. The fraction of sp³-hybridized carbons (Fsp3) is 0.314. The van der Waals surface area contributed by atoms with Crippen LogP contribution in [0, 0.1) is 13.8 Å². The van der Waals surface area contributed by atoms with Crippen LogP contribution in [0.2, 0.25) is 0 Å². The molecule has 252 valence electrons. The molecular formula is C35H38N4O8S. The Kier molecular flexibility index (Phi) is 11.1. The van der Waals surface area contributed by atoms with Crippen molar-refractivity contribution in [2.75, 3.05) is 47.9 Å². The third-order valence-corrected chi connectivity index (χ3v) is 8.46. The molecule has 48 heavy (non-hydrogen) atoms. The Hall–Kier alpha value is -5.17. The Morgan fingerprint density at radius 2 is 1.54 bits per heavy atom. The smallest absolute Gasteiger partial charge is 0.239 e. The van der Waals surface area contributed by atoms with E-state index in [-0.39, 0.29) is 34.5 Å². The minimum absolute atomic E-state index is 0.0358. The lowest BCUT2D eigenvalue weighted by molar-refractivity contribution is 0.301. The second-order valence-corrected chi connectivity index (χ2v) is 11.7. The van der Waals surface area contributed by atoms with Gasteiger partial charge in [0.05, 0.1) is 48.4 Å². The number of methoxy groups -OCH3 is 5. The van der Waals surface area contributed by atoms with Crippen LogP contribution in [0.3, 0.4) is 0 Å². The molecule has 5 rings (SSSR count). The Morgan fingerprint density at radius 1 is 0.833 bits per heavy atom. The molecule has 13 heteroatoms. The number of benzene rings is 3. The van der Waals surface area contributed by atoms with Gasteiger partial charge in [-0.05, 0) is 44.4 Å². The highest BCUT2D eigenvalue weighted by atomic mass is 32.2. The van der Waals surface area contributed by atoms with Gasteiger partial charge in [-0.15, -0.1) is 10.2 Å². The molecule has 0 saturated heterocycles. The van der Waals surface area contributed by atoms with Gasteiger partial charge in [-0.3, -0.25) is 4.79 Å². The number of unbranched alkanes of at least 4 members (excludes halogenated alkanes) is 1. The molecule has 0 N–H and O–H groups in total. The number of aryl methyl sites for hydroxylation is 2. The topological polar surface area (TPSA) is 129 Å². The van der Waals surface area contributed by atoms with E-state index in [1.54, 1.807) is 46.9 Å². The lowest BCUT2D eigenvalue weighted by Crippen LogP contribution is -2.12. The van der Waals surface area contributed by atoms with E-state index in [9.17, 15) is 4.79 Å². The highest BCUT2D eigenvalue weighted by Crippen LogP contribution is 2.44. The molecule has 0 bridgehead atoms. The van der Waals surface area contributed by atoms with E-state index >= 15 is 0 Å². The summed E-state index contributed by atoms with van der Waals surface area (Å²) in [7, 11) is 7.56. The number of aromatic nitrogens is 3. The van der Waals surface area contributed by atoms with Gasteiger partial charge in [0.25, 0.3) is 0 Å². The summed E-state index contributed by atoms with van der Waals surface area (Å²) in [6.45, 7) is 4.16. The van der Waals surface area contributed by atoms with Gasteiger partial charge in [-0.25, -0.2) is 0 Å². The van der Waals surface area contributed by atoms with Crippen LogP contribution < -0.4 is 33.8 Å². The first-order valence-electron chi connectivity index (χ1n) is 15.1. The monoisotopic (exact) mass is 674 g/mol. The van der Waals surface area contributed by atoms with Crippen LogP contribution in [0.4, 0.5) is 0 Å². The van der Waals surface area contributed by atoms with E-state index in [1.807, 2.05) is 38.1 Å². The first-order chi connectivity index (χ1) is 23.3. The van der Waals surface area contributed by atoms with Crippen molar-refractivity contribution in [2.24, 2.45) is 5.10 Å². The molecule has 12 nitrogen and oxygen atoms in total. The molecule has 3 aromatic carbocycles. The molecule has 0 aliphatic rings. The summed E-state index contributed by atoms with van der Waals surface area (Å²) in [5, 5.41) is 14.0. The molecule has 0 unspecified atom stereocenters. The van der Waals surface area contributed by atoms with E-state index < -0.39 is 0 Å². The highest BCUT2D eigenvalue weighted by Gasteiger charge is 2.24. The quantitative estimate of drug-likeness (QED) is 0.0682. The third-order valence-electron chi connectivity index (χ3n) is 7.46. The summed E-state index contributed by atoms with van der Waals surface area (Å²) in [6.07, 6.45) is 3.22. The summed E-state index contributed by atoms with van der Waals surface area (Å²) in [5.41, 5.74) is 2.56. The fourth-order valence-corrected chi connectivity index (χ4v) is 5.87. The normalized spacial score (nSPS) is 11.2. The maximum Gasteiger partial charge on any atom is 0.239 e. The predicted molar refractivity (Wildman–Crippen MR) is 185 cm³/mol. The van der Waals surface area contributed by atoms with E-state index in [0.717, 1.165) is 17.7 Å². The Balaban J connectivity index is 1.36. The predicted octanol–water partition coefficient (Wildman–Crippen LogP) is 6.54. The fourth-order valence-electron chi connectivity index (χ4n) is 4.94. The van der Waals surface area contributed by atoms with Crippen molar-refractivity contribution in [3.63, 3.8) is 0 Å². The van der Waals surface area contributed by atoms with Crippen LogP contribution in [0.25, 0.3) is 22.3 Å². The summed E-state index contributed by atoms with van der Waals surface area (Å²) in [4.78, 5) is 14.0. The van der Waals surface area contributed by atoms with Crippen molar-refractivity contribution in [2.45, 2.75) is 31.8 Å². The van der Waals surface area contributed by atoms with Crippen LogP contribution in [-0.4, -0.2) is 69.0 Å². The van der Waals surface area contributed by atoms with Crippen LogP contribution in [-0.2, 0) is 0 Å². The molecule has 0 fully saturated rings. The molecule has 0 aliphatic carbocycles. The maximum atomic E-state index is 14.0. The Labute approximate surface area is 282 Å². The summed E-state index contributed by atoms with van der Waals surface area (Å²) >= 11 is 1.55. The average molecular weight is 675 g/mol. The molecule has 0 saturated carbocycles. The maximum absolute atomic E-state index is 14.0. The number of rotatable bonds is 15. The number of hydrogen-bond donors (Lipinski definition) is 0. The number of ether oxygens (including phenoxy) is 6. The molecule has 0 aliphatic heterocycles. The van der Waals surface area contributed by atoms with Gasteiger partial charge in [0.15, 0.2) is 23.1 Å². The first kappa shape index (κ1) is 34.2. The average Bonchev–Trinajstić information content (AvgIpc) is 3.46. The minimum atomic E-state index is -0.385. The summed E-state index contributed by atoms with van der Waals surface area (Å²) in [6, 6.07) is 14.8.